The van der Waals surface area contributed by atoms with Crippen LogP contribution in [0.2, 0.25) is 0 Å². The number of anilines is 1. The number of methoxy groups -OCH3 is 1. The molecule has 2 N–H and O–H groups in total. The van der Waals surface area contributed by atoms with E-state index in [2.05, 4.69) is 16.8 Å². The first-order chi connectivity index (χ1) is 21.4. The Labute approximate surface area is 269 Å². The molecule has 4 bridgehead atoms. The van der Waals surface area contributed by atoms with E-state index in [-0.39, 0.29) is 12.0 Å². The number of fused-ring (bicyclic) bond motifs is 9. The minimum Gasteiger partial charge on any atom is -0.481 e. The molecule has 1 fully saturated rings. The van der Waals surface area contributed by atoms with Crippen LogP contribution in [0.3, 0.4) is 0 Å². The second-order valence-corrected chi connectivity index (χ2v) is 12.5. The summed E-state index contributed by atoms with van der Waals surface area (Å²) in [6.45, 7) is 17.5. The van der Waals surface area contributed by atoms with E-state index in [0.29, 0.717) is 19.8 Å². The largest absolute Gasteiger partial charge is 0.481 e. The van der Waals surface area contributed by atoms with Crippen molar-refractivity contribution in [3.05, 3.63) is 58.9 Å². The molecule has 3 aliphatic rings. The van der Waals surface area contributed by atoms with Gasteiger partial charge in [-0.3, -0.25) is 4.79 Å². The Bertz CT molecular complexity index is 1270. The number of rotatable bonds is 4. The number of benzene rings is 1. The summed E-state index contributed by atoms with van der Waals surface area (Å²) >= 11 is 0. The predicted octanol–water partition coefficient (Wildman–Crippen LogP) is 6.38. The third kappa shape index (κ3) is 13.5. The number of aryl methyl sites for hydroxylation is 1. The number of piperidine rings is 1. The molecule has 45 heavy (non-hydrogen) atoms. The first kappa shape index (κ1) is 38.1. The molecule has 6 rings (SSSR count). The van der Waals surface area contributed by atoms with Crippen molar-refractivity contribution in [2.45, 2.75) is 111 Å². The molecule has 5 heterocycles. The van der Waals surface area contributed by atoms with Crippen LogP contribution in [0.1, 0.15) is 96.2 Å². The molecular formula is C35H56N4O6. The van der Waals surface area contributed by atoms with Crippen molar-refractivity contribution in [2.24, 2.45) is 0 Å². The van der Waals surface area contributed by atoms with E-state index in [0.717, 1.165) is 80.2 Å². The molecule has 3 aliphatic heterocycles. The second kappa shape index (κ2) is 18.8. The summed E-state index contributed by atoms with van der Waals surface area (Å²) in [4.78, 5) is 18.4. The SMILES string of the molecule is CC.CC(C)(C)O.COCc1ccccc1.Cc1nc2cc3nn2c(c1CC(=O)O)N1CCC(C)(CC1)OCCCCCOC3. The van der Waals surface area contributed by atoms with Gasteiger partial charge in [-0.05, 0) is 72.3 Å². The zero-order valence-electron chi connectivity index (χ0n) is 28.8. The fourth-order valence-electron chi connectivity index (χ4n) is 4.99. The monoisotopic (exact) mass is 628 g/mol. The lowest BCUT2D eigenvalue weighted by molar-refractivity contribution is -0.136. The summed E-state index contributed by atoms with van der Waals surface area (Å²) < 4.78 is 18.8. The maximum atomic E-state index is 11.6. The maximum absolute atomic E-state index is 11.6. The second-order valence-electron chi connectivity index (χ2n) is 12.5. The summed E-state index contributed by atoms with van der Waals surface area (Å²) in [6, 6.07) is 12.0. The van der Waals surface area contributed by atoms with Crippen LogP contribution in [-0.4, -0.2) is 75.4 Å². The van der Waals surface area contributed by atoms with Crippen LogP contribution in [0, 0.1) is 6.92 Å². The minimum absolute atomic E-state index is 0.0694. The topological polar surface area (TPSA) is 119 Å². The highest BCUT2D eigenvalue weighted by molar-refractivity contribution is 5.74. The molecule has 1 aromatic carbocycles. The summed E-state index contributed by atoms with van der Waals surface area (Å²) in [7, 11) is 1.70. The third-order valence-electron chi connectivity index (χ3n) is 7.17. The smallest absolute Gasteiger partial charge is 0.308 e. The molecule has 0 amide bonds. The first-order valence-corrected chi connectivity index (χ1v) is 16.2. The highest BCUT2D eigenvalue weighted by Crippen LogP contribution is 2.33. The molecule has 252 valence electrons. The van der Waals surface area contributed by atoms with Gasteiger partial charge in [-0.25, -0.2) is 4.98 Å². The van der Waals surface area contributed by atoms with Crippen LogP contribution in [0.15, 0.2) is 36.4 Å². The highest BCUT2D eigenvalue weighted by Gasteiger charge is 2.33. The normalized spacial score (nSPS) is 16.5. The van der Waals surface area contributed by atoms with Crippen molar-refractivity contribution in [1.29, 1.82) is 0 Å². The van der Waals surface area contributed by atoms with Crippen LogP contribution >= 0.6 is 0 Å². The number of carboxylic acid groups (broad SMARTS) is 1. The molecule has 0 unspecified atom stereocenters. The van der Waals surface area contributed by atoms with Gasteiger partial charge in [-0.2, -0.15) is 9.61 Å². The molecule has 0 aliphatic carbocycles. The lowest BCUT2D eigenvalue weighted by Crippen LogP contribution is -2.45. The lowest BCUT2D eigenvalue weighted by atomic mass is 9.92. The van der Waals surface area contributed by atoms with E-state index >= 15 is 0 Å². The van der Waals surface area contributed by atoms with Crippen LogP contribution in [-0.2, 0) is 38.6 Å². The molecule has 3 aromatic rings. The van der Waals surface area contributed by atoms with Crippen molar-refractivity contribution in [3.8, 4) is 0 Å². The quantitative estimate of drug-likeness (QED) is 0.339. The number of aliphatic carboxylic acids is 1. The highest BCUT2D eigenvalue weighted by atomic mass is 16.5. The van der Waals surface area contributed by atoms with Crippen molar-refractivity contribution < 1.29 is 29.2 Å². The molecular weight excluding hydrogens is 572 g/mol. The fourth-order valence-corrected chi connectivity index (χ4v) is 4.99. The number of hydrogen-bond donors (Lipinski definition) is 2. The van der Waals surface area contributed by atoms with Gasteiger partial charge < -0.3 is 29.3 Å². The molecule has 0 spiro atoms. The number of hydrogen-bond acceptors (Lipinski definition) is 8. The first-order valence-electron chi connectivity index (χ1n) is 16.2. The molecule has 10 nitrogen and oxygen atoms in total. The predicted molar refractivity (Wildman–Crippen MR) is 179 cm³/mol. The van der Waals surface area contributed by atoms with Gasteiger partial charge in [0.15, 0.2) is 5.65 Å². The standard InChI is InChI=1S/C21H30N4O4.C8H10O.C4H10O.C2H6/c1-15-17(13-19(26)27)20-24-8-6-21(2,7-9-24)29-11-5-3-4-10-28-14-16-12-18(22-15)25(20)23-16;1-9-7-8-5-3-2-4-6-8;1-4(2,3)5;1-2/h12H,3-11,13-14H2,1-2H3,(H,26,27);2-6H,7H2,1H3;5H,1-3H3;1-2H3. The van der Waals surface area contributed by atoms with Crippen molar-refractivity contribution >= 4 is 17.4 Å². The van der Waals surface area contributed by atoms with Gasteiger partial charge in [0.2, 0.25) is 0 Å². The van der Waals surface area contributed by atoms with Gasteiger partial charge in [0.1, 0.15) is 5.82 Å². The number of aliphatic hydroxyl groups is 1. The lowest BCUT2D eigenvalue weighted by Gasteiger charge is -2.41. The Kier molecular flexibility index (Phi) is 15.9. The Morgan fingerprint density at radius 1 is 1.07 bits per heavy atom. The van der Waals surface area contributed by atoms with Crippen molar-refractivity contribution in [2.75, 3.05) is 38.3 Å². The Morgan fingerprint density at radius 3 is 2.29 bits per heavy atom. The van der Waals surface area contributed by atoms with Gasteiger partial charge in [0.05, 0.1) is 36.5 Å². The van der Waals surface area contributed by atoms with Gasteiger partial charge in [0.25, 0.3) is 0 Å². The summed E-state index contributed by atoms with van der Waals surface area (Å²) in [6.07, 6.45) is 4.88. The summed E-state index contributed by atoms with van der Waals surface area (Å²) in [5.74, 6) is -0.0196. The van der Waals surface area contributed by atoms with E-state index in [4.69, 9.17) is 24.4 Å². The molecule has 0 radical (unpaired) electrons. The molecule has 10 heteroatoms. The van der Waals surface area contributed by atoms with Gasteiger partial charge in [0, 0.05) is 50.7 Å². The number of ether oxygens (including phenoxy) is 3. The van der Waals surface area contributed by atoms with Gasteiger partial charge in [-0.1, -0.05) is 44.2 Å². The van der Waals surface area contributed by atoms with Crippen LogP contribution in [0.4, 0.5) is 5.82 Å². The van der Waals surface area contributed by atoms with E-state index in [1.807, 2.05) is 57.2 Å². The summed E-state index contributed by atoms with van der Waals surface area (Å²) in [5, 5.41) is 22.7. The third-order valence-corrected chi connectivity index (χ3v) is 7.17. The number of aromatic nitrogens is 3. The number of carboxylic acids is 1. The van der Waals surface area contributed by atoms with Gasteiger partial charge >= 0.3 is 5.97 Å². The van der Waals surface area contributed by atoms with E-state index in [1.165, 1.54) is 5.56 Å². The molecule has 0 saturated carbocycles. The average Bonchev–Trinajstić information content (AvgIpc) is 3.38. The molecule has 0 atom stereocenters. The minimum atomic E-state index is -0.862. The fraction of sp³-hybridized carbons (Fsp3) is 0.629. The maximum Gasteiger partial charge on any atom is 0.308 e. The zero-order valence-corrected chi connectivity index (χ0v) is 28.8. The average molecular weight is 629 g/mol. The summed E-state index contributed by atoms with van der Waals surface area (Å²) in [5.41, 5.74) is 3.62. The van der Waals surface area contributed by atoms with Crippen molar-refractivity contribution in [3.63, 3.8) is 0 Å². The Morgan fingerprint density at radius 2 is 1.69 bits per heavy atom. The van der Waals surface area contributed by atoms with E-state index in [1.54, 1.807) is 32.4 Å². The Hall–Kier alpha value is -3.05. The molecule has 2 aromatic heterocycles. The van der Waals surface area contributed by atoms with Crippen LogP contribution in [0.5, 0.6) is 0 Å². The van der Waals surface area contributed by atoms with Crippen molar-refractivity contribution in [1.82, 2.24) is 14.6 Å². The van der Waals surface area contributed by atoms with E-state index in [9.17, 15) is 9.90 Å². The zero-order chi connectivity index (χ0) is 33.5. The van der Waals surface area contributed by atoms with Gasteiger partial charge in [-0.15, -0.1) is 0 Å². The number of carbonyl (C=O) groups is 1. The Balaban J connectivity index is 0.000000364. The molecule has 1 saturated heterocycles. The number of nitrogens with zero attached hydrogens (tertiary/aromatic N) is 4. The van der Waals surface area contributed by atoms with Crippen LogP contribution < -0.4 is 4.90 Å². The van der Waals surface area contributed by atoms with Crippen LogP contribution in [0.25, 0.3) is 5.65 Å². The van der Waals surface area contributed by atoms with E-state index < -0.39 is 11.6 Å².